The van der Waals surface area contributed by atoms with Crippen LogP contribution in [0.3, 0.4) is 0 Å². The van der Waals surface area contributed by atoms with E-state index in [9.17, 15) is 9.59 Å². The van der Waals surface area contributed by atoms with Crippen LogP contribution in [-0.2, 0) is 4.79 Å². The summed E-state index contributed by atoms with van der Waals surface area (Å²) in [6.45, 7) is 2.04. The number of carbonyl (C=O) groups excluding carboxylic acids is 2. The summed E-state index contributed by atoms with van der Waals surface area (Å²) in [5.41, 5.74) is 7.89. The molecule has 7 heteroatoms. The molecule has 2 amide bonds. The molecule has 0 saturated carbocycles. The summed E-state index contributed by atoms with van der Waals surface area (Å²) in [6, 6.07) is 17.0. The molecule has 0 radical (unpaired) electrons. The van der Waals surface area contributed by atoms with Crippen molar-refractivity contribution in [3.05, 3.63) is 78.4 Å². The average molecular weight is 349 g/mol. The van der Waals surface area contributed by atoms with Crippen molar-refractivity contribution in [2.24, 2.45) is 0 Å². The van der Waals surface area contributed by atoms with Gasteiger partial charge in [-0.25, -0.2) is 4.98 Å². The standard InChI is InChI=1S/C19H19N5O2/c1-14-7-9-15(10-8-14)21-12-18(25)22-23-19(26)17-11-20-13-24(17)16-5-3-2-4-6-16/h2-11,13,21H,12H2,1H3,(H,22,25)(H,23,26). The maximum absolute atomic E-state index is 12.3. The SMILES string of the molecule is Cc1ccc(NCC(=O)NNC(=O)c2cncn2-c2ccccc2)cc1. The third-order valence-electron chi connectivity index (χ3n) is 3.73. The molecule has 132 valence electrons. The fourth-order valence-electron chi connectivity index (χ4n) is 2.35. The maximum atomic E-state index is 12.3. The van der Waals surface area contributed by atoms with E-state index in [1.165, 1.54) is 6.20 Å². The molecular weight excluding hydrogens is 330 g/mol. The van der Waals surface area contributed by atoms with Crippen molar-refractivity contribution >= 4 is 17.5 Å². The number of hydrogen-bond acceptors (Lipinski definition) is 4. The molecule has 0 bridgehead atoms. The molecule has 2 aromatic carbocycles. The van der Waals surface area contributed by atoms with E-state index in [0.29, 0.717) is 5.69 Å². The van der Waals surface area contributed by atoms with Gasteiger partial charge in [0.25, 0.3) is 11.8 Å². The highest BCUT2D eigenvalue weighted by Crippen LogP contribution is 2.10. The Hall–Kier alpha value is -3.61. The number of hydrazine groups is 1. The molecule has 0 aliphatic heterocycles. The van der Waals surface area contributed by atoms with Crippen molar-refractivity contribution in [3.63, 3.8) is 0 Å². The predicted octanol–water partition coefficient (Wildman–Crippen LogP) is 2.05. The first-order valence-corrected chi connectivity index (χ1v) is 8.11. The fourth-order valence-corrected chi connectivity index (χ4v) is 2.35. The number of carbonyl (C=O) groups is 2. The molecule has 1 heterocycles. The lowest BCUT2D eigenvalue weighted by molar-refractivity contribution is -0.120. The average Bonchev–Trinajstić information content (AvgIpc) is 3.16. The van der Waals surface area contributed by atoms with Crippen LogP contribution in [0.1, 0.15) is 16.1 Å². The van der Waals surface area contributed by atoms with Gasteiger partial charge in [-0.1, -0.05) is 35.9 Å². The van der Waals surface area contributed by atoms with Gasteiger partial charge in [0, 0.05) is 11.4 Å². The topological polar surface area (TPSA) is 88.1 Å². The Morgan fingerprint density at radius 1 is 1.00 bits per heavy atom. The van der Waals surface area contributed by atoms with E-state index < -0.39 is 5.91 Å². The van der Waals surface area contributed by atoms with E-state index in [1.807, 2.05) is 61.5 Å². The molecule has 0 unspecified atom stereocenters. The molecule has 3 aromatic rings. The number of imidazole rings is 1. The molecule has 0 spiro atoms. The normalized spacial score (nSPS) is 10.2. The first kappa shape index (κ1) is 17.2. The van der Waals surface area contributed by atoms with Crippen LogP contribution in [0.4, 0.5) is 5.69 Å². The van der Waals surface area contributed by atoms with Crippen LogP contribution in [0.15, 0.2) is 67.1 Å². The number of amides is 2. The van der Waals surface area contributed by atoms with Crippen molar-refractivity contribution in [2.45, 2.75) is 6.92 Å². The lowest BCUT2D eigenvalue weighted by Crippen LogP contribution is -2.44. The number of aromatic nitrogens is 2. The summed E-state index contributed by atoms with van der Waals surface area (Å²) >= 11 is 0. The van der Waals surface area contributed by atoms with Gasteiger partial charge in [-0.2, -0.15) is 0 Å². The molecule has 3 rings (SSSR count). The predicted molar refractivity (Wildman–Crippen MR) is 98.8 cm³/mol. The van der Waals surface area contributed by atoms with Gasteiger partial charge in [0.1, 0.15) is 5.69 Å². The number of nitrogens with zero attached hydrogens (tertiary/aromatic N) is 2. The third-order valence-corrected chi connectivity index (χ3v) is 3.73. The molecule has 1 aromatic heterocycles. The van der Waals surface area contributed by atoms with Gasteiger partial charge in [0.15, 0.2) is 0 Å². The second kappa shape index (κ2) is 7.98. The van der Waals surface area contributed by atoms with Crippen molar-refractivity contribution in [2.75, 3.05) is 11.9 Å². The summed E-state index contributed by atoms with van der Waals surface area (Å²) in [4.78, 5) is 28.2. The van der Waals surface area contributed by atoms with Gasteiger partial charge in [-0.05, 0) is 31.2 Å². The van der Waals surface area contributed by atoms with Crippen molar-refractivity contribution in [1.82, 2.24) is 20.4 Å². The van der Waals surface area contributed by atoms with Gasteiger partial charge in [0.2, 0.25) is 0 Å². The number of hydrogen-bond donors (Lipinski definition) is 3. The molecule has 0 atom stereocenters. The van der Waals surface area contributed by atoms with Gasteiger partial charge in [0.05, 0.1) is 19.1 Å². The first-order valence-electron chi connectivity index (χ1n) is 8.11. The zero-order chi connectivity index (χ0) is 18.4. The Labute approximate surface area is 151 Å². The molecule has 0 aliphatic carbocycles. The van der Waals surface area contributed by atoms with Crippen LogP contribution in [0.5, 0.6) is 0 Å². The van der Waals surface area contributed by atoms with E-state index in [-0.39, 0.29) is 12.5 Å². The van der Waals surface area contributed by atoms with Gasteiger partial charge in [-0.3, -0.25) is 25.0 Å². The van der Waals surface area contributed by atoms with E-state index in [0.717, 1.165) is 16.9 Å². The molecule has 3 N–H and O–H groups in total. The number of aryl methyl sites for hydroxylation is 1. The molecule has 0 saturated heterocycles. The highest BCUT2D eigenvalue weighted by Gasteiger charge is 2.13. The molecule has 0 aliphatic rings. The fraction of sp³-hybridized carbons (Fsp3) is 0.105. The molecule has 7 nitrogen and oxygen atoms in total. The van der Waals surface area contributed by atoms with Crippen LogP contribution < -0.4 is 16.2 Å². The Kier molecular flexibility index (Phi) is 5.28. The highest BCUT2D eigenvalue weighted by atomic mass is 16.2. The molecule has 26 heavy (non-hydrogen) atoms. The summed E-state index contributed by atoms with van der Waals surface area (Å²) in [7, 11) is 0. The maximum Gasteiger partial charge on any atom is 0.288 e. The lowest BCUT2D eigenvalue weighted by atomic mass is 10.2. The largest absolute Gasteiger partial charge is 0.376 e. The van der Waals surface area contributed by atoms with Crippen LogP contribution in [0.2, 0.25) is 0 Å². The minimum Gasteiger partial charge on any atom is -0.376 e. The van der Waals surface area contributed by atoms with E-state index in [4.69, 9.17) is 0 Å². The number of benzene rings is 2. The Morgan fingerprint density at radius 2 is 1.73 bits per heavy atom. The van der Waals surface area contributed by atoms with E-state index >= 15 is 0 Å². The Morgan fingerprint density at radius 3 is 2.46 bits per heavy atom. The molecule has 0 fully saturated rings. The zero-order valence-electron chi connectivity index (χ0n) is 14.3. The first-order chi connectivity index (χ1) is 12.6. The van der Waals surface area contributed by atoms with Crippen LogP contribution in [0, 0.1) is 6.92 Å². The second-order valence-electron chi connectivity index (χ2n) is 5.71. The number of para-hydroxylation sites is 1. The minimum absolute atomic E-state index is 0.0429. The zero-order valence-corrected chi connectivity index (χ0v) is 14.3. The summed E-state index contributed by atoms with van der Waals surface area (Å²) < 4.78 is 1.64. The van der Waals surface area contributed by atoms with Crippen LogP contribution in [-0.4, -0.2) is 27.9 Å². The number of nitrogens with one attached hydrogen (secondary N) is 3. The quantitative estimate of drug-likeness (QED) is 0.615. The minimum atomic E-state index is -0.449. The Bertz CT molecular complexity index is 888. The smallest absolute Gasteiger partial charge is 0.288 e. The summed E-state index contributed by atoms with van der Waals surface area (Å²) in [6.07, 6.45) is 2.99. The van der Waals surface area contributed by atoms with Gasteiger partial charge >= 0.3 is 0 Å². The van der Waals surface area contributed by atoms with E-state index in [1.54, 1.807) is 10.9 Å². The number of anilines is 1. The van der Waals surface area contributed by atoms with Crippen molar-refractivity contribution in [3.8, 4) is 5.69 Å². The van der Waals surface area contributed by atoms with Crippen LogP contribution in [0.25, 0.3) is 5.69 Å². The van der Waals surface area contributed by atoms with Crippen molar-refractivity contribution < 1.29 is 9.59 Å². The highest BCUT2D eigenvalue weighted by molar-refractivity contribution is 5.94. The summed E-state index contributed by atoms with van der Waals surface area (Å²) in [5, 5.41) is 2.99. The third kappa shape index (κ3) is 4.27. The summed E-state index contributed by atoms with van der Waals surface area (Å²) in [5.74, 6) is -0.806. The molecular formula is C19H19N5O2. The van der Waals surface area contributed by atoms with E-state index in [2.05, 4.69) is 21.2 Å². The number of rotatable bonds is 5. The Balaban J connectivity index is 1.53. The van der Waals surface area contributed by atoms with Crippen molar-refractivity contribution in [1.29, 1.82) is 0 Å². The lowest BCUT2D eigenvalue weighted by Gasteiger charge is -2.11. The monoisotopic (exact) mass is 349 g/mol. The second-order valence-corrected chi connectivity index (χ2v) is 5.71. The van der Waals surface area contributed by atoms with Gasteiger partial charge in [-0.15, -0.1) is 0 Å². The van der Waals surface area contributed by atoms with Gasteiger partial charge < -0.3 is 5.32 Å². The van der Waals surface area contributed by atoms with Crippen LogP contribution >= 0.6 is 0 Å².